The molecule has 86 valence electrons. The van der Waals surface area contributed by atoms with E-state index < -0.39 is 35.0 Å². The number of rotatable bonds is 6. The molecular formula is C7H16O6S. The Balaban J connectivity index is 4.17. The van der Waals surface area contributed by atoms with E-state index in [1.807, 2.05) is 0 Å². The SMILES string of the molecule is CC(O)C(O)CC(CO)OS(C)(=O)=O. The summed E-state index contributed by atoms with van der Waals surface area (Å²) in [6, 6.07) is 0. The first-order valence-electron chi connectivity index (χ1n) is 4.11. The Kier molecular flexibility index (Phi) is 5.53. The van der Waals surface area contributed by atoms with Crippen LogP contribution in [0.4, 0.5) is 0 Å². The third kappa shape index (κ3) is 6.28. The molecular weight excluding hydrogens is 212 g/mol. The van der Waals surface area contributed by atoms with Crippen molar-refractivity contribution >= 4 is 10.1 Å². The zero-order valence-corrected chi connectivity index (χ0v) is 8.94. The minimum Gasteiger partial charge on any atom is -0.394 e. The van der Waals surface area contributed by atoms with Crippen LogP contribution in [0.25, 0.3) is 0 Å². The van der Waals surface area contributed by atoms with E-state index in [2.05, 4.69) is 4.18 Å². The molecule has 6 nitrogen and oxygen atoms in total. The highest BCUT2D eigenvalue weighted by Crippen LogP contribution is 2.08. The first kappa shape index (κ1) is 13.8. The molecule has 0 spiro atoms. The highest BCUT2D eigenvalue weighted by Gasteiger charge is 2.21. The van der Waals surface area contributed by atoms with Crippen LogP contribution >= 0.6 is 0 Å². The quantitative estimate of drug-likeness (QED) is 0.476. The summed E-state index contributed by atoms with van der Waals surface area (Å²) in [4.78, 5) is 0. The summed E-state index contributed by atoms with van der Waals surface area (Å²) < 4.78 is 25.8. The van der Waals surface area contributed by atoms with Gasteiger partial charge in [0.2, 0.25) is 0 Å². The molecule has 0 heterocycles. The third-order valence-electron chi connectivity index (χ3n) is 1.58. The summed E-state index contributed by atoms with van der Waals surface area (Å²) in [5.41, 5.74) is 0. The lowest BCUT2D eigenvalue weighted by atomic mass is 10.1. The van der Waals surface area contributed by atoms with Crippen LogP contribution in [0.1, 0.15) is 13.3 Å². The number of hydrogen-bond acceptors (Lipinski definition) is 6. The van der Waals surface area contributed by atoms with Crippen molar-refractivity contribution in [3.8, 4) is 0 Å². The average molecular weight is 228 g/mol. The highest BCUT2D eigenvalue weighted by molar-refractivity contribution is 7.86. The summed E-state index contributed by atoms with van der Waals surface area (Å²) in [7, 11) is -3.66. The molecule has 0 aliphatic rings. The van der Waals surface area contributed by atoms with E-state index in [4.69, 9.17) is 10.2 Å². The molecule has 0 aliphatic carbocycles. The molecule has 0 fully saturated rings. The standard InChI is InChI=1S/C7H16O6S/c1-5(9)7(10)3-6(4-8)13-14(2,11)12/h5-10H,3-4H2,1-2H3. The molecule has 0 rings (SSSR count). The van der Waals surface area contributed by atoms with Crippen molar-refractivity contribution in [3.63, 3.8) is 0 Å². The molecule has 3 N–H and O–H groups in total. The van der Waals surface area contributed by atoms with Crippen LogP contribution in [0, 0.1) is 0 Å². The van der Waals surface area contributed by atoms with Crippen LogP contribution < -0.4 is 0 Å². The normalized spacial score (nSPS) is 18.9. The van der Waals surface area contributed by atoms with Gasteiger partial charge in [0.1, 0.15) is 6.10 Å². The van der Waals surface area contributed by atoms with E-state index in [9.17, 15) is 13.5 Å². The van der Waals surface area contributed by atoms with Crippen LogP contribution in [0.3, 0.4) is 0 Å². The van der Waals surface area contributed by atoms with Gasteiger partial charge in [0, 0.05) is 6.42 Å². The first-order chi connectivity index (χ1) is 6.26. The Morgan fingerprint density at radius 2 is 1.86 bits per heavy atom. The van der Waals surface area contributed by atoms with Crippen LogP contribution in [-0.2, 0) is 14.3 Å². The zero-order chi connectivity index (χ0) is 11.4. The van der Waals surface area contributed by atoms with Crippen molar-refractivity contribution in [3.05, 3.63) is 0 Å². The fourth-order valence-electron chi connectivity index (χ4n) is 0.858. The first-order valence-corrected chi connectivity index (χ1v) is 5.93. The minimum absolute atomic E-state index is 0.138. The topological polar surface area (TPSA) is 104 Å². The lowest BCUT2D eigenvalue weighted by molar-refractivity contribution is -0.00714. The summed E-state index contributed by atoms with van der Waals surface area (Å²) in [5.74, 6) is 0. The fourth-order valence-corrected chi connectivity index (χ4v) is 1.49. The van der Waals surface area contributed by atoms with Gasteiger partial charge in [0.05, 0.1) is 25.1 Å². The van der Waals surface area contributed by atoms with Gasteiger partial charge in [-0.25, -0.2) is 0 Å². The van der Waals surface area contributed by atoms with Crippen molar-refractivity contribution in [2.24, 2.45) is 0 Å². The van der Waals surface area contributed by atoms with Crippen LogP contribution in [-0.4, -0.2) is 54.9 Å². The number of aliphatic hydroxyl groups is 3. The highest BCUT2D eigenvalue weighted by atomic mass is 32.2. The molecule has 0 saturated carbocycles. The lowest BCUT2D eigenvalue weighted by Crippen LogP contribution is -2.32. The van der Waals surface area contributed by atoms with Gasteiger partial charge in [-0.15, -0.1) is 0 Å². The predicted octanol–water partition coefficient (Wildman–Crippen LogP) is -1.54. The van der Waals surface area contributed by atoms with Gasteiger partial charge in [0.15, 0.2) is 0 Å². The largest absolute Gasteiger partial charge is 0.394 e. The molecule has 0 aromatic carbocycles. The number of hydrogen-bond donors (Lipinski definition) is 3. The summed E-state index contributed by atoms with van der Waals surface area (Å²) >= 11 is 0. The van der Waals surface area contributed by atoms with Crippen LogP contribution in [0.15, 0.2) is 0 Å². The Morgan fingerprint density at radius 1 is 1.36 bits per heavy atom. The van der Waals surface area contributed by atoms with Gasteiger partial charge in [-0.2, -0.15) is 8.42 Å². The molecule has 0 radical (unpaired) electrons. The van der Waals surface area contributed by atoms with Crippen molar-refractivity contribution < 1.29 is 27.9 Å². The predicted molar refractivity (Wildman–Crippen MR) is 49.1 cm³/mol. The van der Waals surface area contributed by atoms with Gasteiger partial charge in [-0.05, 0) is 6.92 Å². The number of aliphatic hydroxyl groups excluding tert-OH is 3. The summed E-state index contributed by atoms with van der Waals surface area (Å²) in [6.45, 7) is 0.830. The summed E-state index contributed by atoms with van der Waals surface area (Å²) in [5, 5.41) is 26.9. The average Bonchev–Trinajstić information content (AvgIpc) is 2.00. The van der Waals surface area contributed by atoms with Crippen LogP contribution in [0.5, 0.6) is 0 Å². The lowest BCUT2D eigenvalue weighted by Gasteiger charge is -2.19. The Bertz CT molecular complexity index is 247. The maximum atomic E-state index is 10.7. The second-order valence-corrected chi connectivity index (χ2v) is 4.75. The van der Waals surface area contributed by atoms with Gasteiger partial charge in [-0.1, -0.05) is 0 Å². The van der Waals surface area contributed by atoms with Crippen molar-refractivity contribution in [2.75, 3.05) is 12.9 Å². The zero-order valence-electron chi connectivity index (χ0n) is 8.12. The molecule has 0 bridgehead atoms. The van der Waals surface area contributed by atoms with E-state index in [-0.39, 0.29) is 6.42 Å². The molecule has 0 aromatic rings. The maximum absolute atomic E-state index is 10.7. The van der Waals surface area contributed by atoms with Crippen molar-refractivity contribution in [2.45, 2.75) is 31.7 Å². The van der Waals surface area contributed by atoms with Crippen molar-refractivity contribution in [1.82, 2.24) is 0 Å². The van der Waals surface area contributed by atoms with Gasteiger partial charge >= 0.3 is 0 Å². The second-order valence-electron chi connectivity index (χ2n) is 3.15. The van der Waals surface area contributed by atoms with Gasteiger partial charge in [-0.3, -0.25) is 4.18 Å². The smallest absolute Gasteiger partial charge is 0.264 e. The molecule has 0 saturated heterocycles. The van der Waals surface area contributed by atoms with Crippen LogP contribution in [0.2, 0.25) is 0 Å². The fraction of sp³-hybridized carbons (Fsp3) is 1.00. The van der Waals surface area contributed by atoms with E-state index in [0.29, 0.717) is 0 Å². The van der Waals surface area contributed by atoms with Crippen molar-refractivity contribution in [1.29, 1.82) is 0 Å². The molecule has 0 aliphatic heterocycles. The Morgan fingerprint density at radius 3 is 2.14 bits per heavy atom. The molecule has 14 heavy (non-hydrogen) atoms. The van der Waals surface area contributed by atoms with Gasteiger partial charge < -0.3 is 15.3 Å². The molecule has 7 heteroatoms. The van der Waals surface area contributed by atoms with E-state index >= 15 is 0 Å². The second kappa shape index (κ2) is 5.62. The minimum atomic E-state index is -3.66. The molecule has 3 atom stereocenters. The summed E-state index contributed by atoms with van der Waals surface area (Å²) in [6.07, 6.45) is -2.42. The van der Waals surface area contributed by atoms with Gasteiger partial charge in [0.25, 0.3) is 10.1 Å². The van der Waals surface area contributed by atoms with E-state index in [1.54, 1.807) is 0 Å². The third-order valence-corrected chi connectivity index (χ3v) is 2.20. The Labute approximate surface area is 83.3 Å². The van der Waals surface area contributed by atoms with E-state index in [0.717, 1.165) is 6.26 Å². The molecule has 0 aromatic heterocycles. The maximum Gasteiger partial charge on any atom is 0.264 e. The molecule has 0 amide bonds. The Hall–Kier alpha value is -0.210. The monoisotopic (exact) mass is 228 g/mol. The molecule has 3 unspecified atom stereocenters. The van der Waals surface area contributed by atoms with E-state index in [1.165, 1.54) is 6.92 Å².